The number of likely N-dealkylation sites (tertiary alicyclic amines) is 1. The fraction of sp³-hybridized carbons (Fsp3) is 0.238. The van der Waals surface area contributed by atoms with Gasteiger partial charge in [-0.25, -0.2) is 4.39 Å². The van der Waals surface area contributed by atoms with Crippen LogP contribution < -0.4 is 4.74 Å². The van der Waals surface area contributed by atoms with Crippen LogP contribution in [0.25, 0.3) is 11.3 Å². The molecular weight excluding hydrogens is 347 g/mol. The molecule has 0 N–H and O–H groups in total. The van der Waals surface area contributed by atoms with Gasteiger partial charge in [-0.05, 0) is 31.0 Å². The first-order valence-corrected chi connectivity index (χ1v) is 8.84. The molecule has 3 aromatic rings. The normalized spacial score (nSPS) is 16.5. The predicted octanol–water partition coefficient (Wildman–Crippen LogP) is 4.47. The van der Waals surface area contributed by atoms with Crippen LogP contribution in [0.15, 0.2) is 59.1 Å². The fourth-order valence-corrected chi connectivity index (χ4v) is 3.58. The molecule has 1 amide bonds. The van der Waals surface area contributed by atoms with Gasteiger partial charge in [0.2, 0.25) is 0 Å². The monoisotopic (exact) mass is 366 g/mol. The Morgan fingerprint density at radius 3 is 2.81 bits per heavy atom. The van der Waals surface area contributed by atoms with Gasteiger partial charge in [0, 0.05) is 18.2 Å². The summed E-state index contributed by atoms with van der Waals surface area (Å²) in [5, 5.41) is 3.95. The summed E-state index contributed by atoms with van der Waals surface area (Å²) in [6.07, 6.45) is 1.55. The number of rotatable bonds is 4. The van der Waals surface area contributed by atoms with Crippen LogP contribution in [0.1, 0.15) is 34.9 Å². The Morgan fingerprint density at radius 2 is 2.00 bits per heavy atom. The Labute approximate surface area is 156 Å². The number of methoxy groups -OCH3 is 1. The van der Waals surface area contributed by atoms with Crippen molar-refractivity contribution in [3.63, 3.8) is 0 Å². The van der Waals surface area contributed by atoms with Gasteiger partial charge in [-0.3, -0.25) is 4.79 Å². The molecule has 1 atom stereocenters. The number of ether oxygens (including phenoxy) is 1. The second-order valence-corrected chi connectivity index (χ2v) is 6.45. The number of halogens is 1. The van der Waals surface area contributed by atoms with Gasteiger partial charge in [-0.15, -0.1) is 0 Å². The molecule has 2 heterocycles. The maximum Gasteiger partial charge on any atom is 0.276 e. The second-order valence-electron chi connectivity index (χ2n) is 6.45. The zero-order valence-electron chi connectivity index (χ0n) is 14.9. The van der Waals surface area contributed by atoms with Crippen LogP contribution in [0.2, 0.25) is 0 Å². The molecule has 6 heteroatoms. The van der Waals surface area contributed by atoms with E-state index in [-0.39, 0.29) is 23.5 Å². The molecule has 1 aliphatic rings. The molecule has 1 aromatic heterocycles. The van der Waals surface area contributed by atoms with Crippen molar-refractivity contribution in [3.8, 4) is 17.1 Å². The molecule has 1 saturated heterocycles. The van der Waals surface area contributed by atoms with Gasteiger partial charge in [0.05, 0.1) is 18.7 Å². The molecule has 0 aliphatic carbocycles. The fourth-order valence-electron chi connectivity index (χ4n) is 3.58. The number of para-hydroxylation sites is 1. The first-order chi connectivity index (χ1) is 13.2. The van der Waals surface area contributed by atoms with Crippen LogP contribution in [-0.2, 0) is 0 Å². The van der Waals surface area contributed by atoms with Crippen LogP contribution in [0.4, 0.5) is 4.39 Å². The van der Waals surface area contributed by atoms with Crippen molar-refractivity contribution in [1.82, 2.24) is 10.1 Å². The number of aromatic nitrogens is 1. The molecule has 0 spiro atoms. The SMILES string of the molecule is COc1ccccc1-c1cc(C(=O)N2CCC[C@@H]2c2ccccc2F)no1. The number of benzene rings is 2. The van der Waals surface area contributed by atoms with E-state index in [1.165, 1.54) is 6.07 Å². The average molecular weight is 366 g/mol. The molecule has 0 saturated carbocycles. The highest BCUT2D eigenvalue weighted by atomic mass is 19.1. The van der Waals surface area contributed by atoms with Gasteiger partial charge in [-0.1, -0.05) is 35.5 Å². The number of hydrogen-bond acceptors (Lipinski definition) is 4. The second kappa shape index (κ2) is 7.23. The minimum atomic E-state index is -0.294. The lowest BCUT2D eigenvalue weighted by Crippen LogP contribution is -2.31. The Balaban J connectivity index is 1.62. The van der Waals surface area contributed by atoms with E-state index in [0.29, 0.717) is 23.6 Å². The van der Waals surface area contributed by atoms with E-state index in [4.69, 9.17) is 9.26 Å². The Hall–Kier alpha value is -3.15. The number of carbonyl (C=O) groups is 1. The lowest BCUT2D eigenvalue weighted by molar-refractivity contribution is 0.0723. The van der Waals surface area contributed by atoms with Gasteiger partial charge < -0.3 is 14.2 Å². The third-order valence-corrected chi connectivity index (χ3v) is 4.88. The van der Waals surface area contributed by atoms with Crippen molar-refractivity contribution < 1.29 is 18.4 Å². The van der Waals surface area contributed by atoms with Crippen molar-refractivity contribution in [1.29, 1.82) is 0 Å². The molecule has 2 aromatic carbocycles. The number of nitrogens with zero attached hydrogens (tertiary/aromatic N) is 2. The zero-order chi connectivity index (χ0) is 18.8. The third kappa shape index (κ3) is 3.18. The van der Waals surface area contributed by atoms with Crippen LogP contribution in [0, 0.1) is 5.82 Å². The minimum absolute atomic E-state index is 0.208. The first kappa shape index (κ1) is 17.3. The lowest BCUT2D eigenvalue weighted by Gasteiger charge is -2.24. The van der Waals surface area contributed by atoms with Crippen LogP contribution >= 0.6 is 0 Å². The number of amides is 1. The molecule has 4 rings (SSSR count). The predicted molar refractivity (Wildman–Crippen MR) is 97.9 cm³/mol. The highest BCUT2D eigenvalue weighted by Crippen LogP contribution is 2.35. The van der Waals surface area contributed by atoms with Crippen molar-refractivity contribution in [3.05, 3.63) is 71.7 Å². The lowest BCUT2D eigenvalue weighted by atomic mass is 10.0. The first-order valence-electron chi connectivity index (χ1n) is 8.84. The highest BCUT2D eigenvalue weighted by molar-refractivity contribution is 5.93. The van der Waals surface area contributed by atoms with E-state index in [0.717, 1.165) is 18.4 Å². The zero-order valence-corrected chi connectivity index (χ0v) is 14.9. The van der Waals surface area contributed by atoms with Crippen molar-refractivity contribution in [2.45, 2.75) is 18.9 Å². The largest absolute Gasteiger partial charge is 0.496 e. The molecule has 1 fully saturated rings. The molecule has 0 unspecified atom stereocenters. The summed E-state index contributed by atoms with van der Waals surface area (Å²) in [5.74, 6) is 0.540. The van der Waals surface area contributed by atoms with Crippen molar-refractivity contribution in [2.24, 2.45) is 0 Å². The van der Waals surface area contributed by atoms with Crippen LogP contribution in [0.3, 0.4) is 0 Å². The summed E-state index contributed by atoms with van der Waals surface area (Å²) >= 11 is 0. The topological polar surface area (TPSA) is 55.6 Å². The minimum Gasteiger partial charge on any atom is -0.496 e. The van der Waals surface area contributed by atoms with E-state index in [2.05, 4.69) is 5.16 Å². The standard InChI is InChI=1S/C21H19FN2O3/c1-26-19-11-5-3-8-15(19)20-13-17(23-27-20)21(25)24-12-6-10-18(24)14-7-2-4-9-16(14)22/h2-5,7-9,11,13,18H,6,10,12H2,1H3/t18-/m1/s1. The van der Waals surface area contributed by atoms with Gasteiger partial charge in [0.15, 0.2) is 11.5 Å². The third-order valence-electron chi connectivity index (χ3n) is 4.88. The Kier molecular flexibility index (Phi) is 4.62. The van der Waals surface area contributed by atoms with Crippen LogP contribution in [0.5, 0.6) is 5.75 Å². The van der Waals surface area contributed by atoms with E-state index < -0.39 is 0 Å². The summed E-state index contributed by atoms with van der Waals surface area (Å²) in [6.45, 7) is 0.564. The van der Waals surface area contributed by atoms with Gasteiger partial charge in [-0.2, -0.15) is 0 Å². The molecule has 138 valence electrons. The van der Waals surface area contributed by atoms with E-state index in [1.807, 2.05) is 24.3 Å². The molecule has 5 nitrogen and oxygen atoms in total. The number of hydrogen-bond donors (Lipinski definition) is 0. The summed E-state index contributed by atoms with van der Waals surface area (Å²) < 4.78 is 24.9. The van der Waals surface area contributed by atoms with E-state index in [1.54, 1.807) is 36.3 Å². The molecule has 0 radical (unpaired) electrons. The summed E-state index contributed by atoms with van der Waals surface area (Å²) in [7, 11) is 1.57. The number of carbonyl (C=O) groups excluding carboxylic acids is 1. The highest BCUT2D eigenvalue weighted by Gasteiger charge is 2.33. The average Bonchev–Trinajstić information content (AvgIpc) is 3.38. The van der Waals surface area contributed by atoms with Crippen molar-refractivity contribution >= 4 is 5.91 Å². The van der Waals surface area contributed by atoms with Gasteiger partial charge >= 0.3 is 0 Å². The van der Waals surface area contributed by atoms with Crippen molar-refractivity contribution in [2.75, 3.05) is 13.7 Å². The summed E-state index contributed by atoms with van der Waals surface area (Å²) in [4.78, 5) is 14.7. The Bertz CT molecular complexity index is 969. The summed E-state index contributed by atoms with van der Waals surface area (Å²) in [6, 6.07) is 15.3. The maximum atomic E-state index is 14.2. The molecular formula is C21H19FN2O3. The summed E-state index contributed by atoms with van der Waals surface area (Å²) in [5.41, 5.74) is 1.47. The van der Waals surface area contributed by atoms with Gasteiger partial charge in [0.25, 0.3) is 5.91 Å². The molecule has 0 bridgehead atoms. The smallest absolute Gasteiger partial charge is 0.276 e. The molecule has 27 heavy (non-hydrogen) atoms. The van der Waals surface area contributed by atoms with E-state index >= 15 is 0 Å². The Morgan fingerprint density at radius 1 is 1.22 bits per heavy atom. The maximum absolute atomic E-state index is 14.2. The van der Waals surface area contributed by atoms with Crippen LogP contribution in [-0.4, -0.2) is 29.6 Å². The molecule has 1 aliphatic heterocycles. The van der Waals surface area contributed by atoms with E-state index in [9.17, 15) is 9.18 Å². The quantitative estimate of drug-likeness (QED) is 0.684. The van der Waals surface area contributed by atoms with Gasteiger partial charge in [0.1, 0.15) is 11.6 Å².